The van der Waals surface area contributed by atoms with Crippen LogP contribution in [0.2, 0.25) is 0 Å². The lowest BCUT2D eigenvalue weighted by atomic mass is 9.88. The molecule has 2 fully saturated rings. The predicted molar refractivity (Wildman–Crippen MR) is 113 cm³/mol. The monoisotopic (exact) mass is 403 g/mol. The number of fused-ring (bicyclic) bond motifs is 1. The molecule has 0 radical (unpaired) electrons. The standard InChI is InChI=1S/C22H37N5O2/c1-23-22(29)21-19-15-18(26-11-9-25(10-12-26)13-14-28)7-8-20(19)27(24-21)16-17-5-3-2-4-6-17/h17-18,28H,2-16H2,1H3,(H,23,29). The first kappa shape index (κ1) is 20.8. The van der Waals surface area contributed by atoms with E-state index in [1.807, 2.05) is 0 Å². The fourth-order valence-corrected chi connectivity index (χ4v) is 5.54. The summed E-state index contributed by atoms with van der Waals surface area (Å²) in [6.07, 6.45) is 9.73. The van der Waals surface area contributed by atoms with Gasteiger partial charge in [-0.05, 0) is 38.0 Å². The number of nitrogens with zero attached hydrogens (tertiary/aromatic N) is 4. The number of aromatic nitrogens is 2. The van der Waals surface area contributed by atoms with Crippen LogP contribution in [0.25, 0.3) is 0 Å². The molecular formula is C22H37N5O2. The third-order valence-corrected chi connectivity index (χ3v) is 7.26. The van der Waals surface area contributed by atoms with Gasteiger partial charge in [0.25, 0.3) is 5.91 Å². The first-order valence-corrected chi connectivity index (χ1v) is 11.6. The highest BCUT2D eigenvalue weighted by molar-refractivity contribution is 5.93. The van der Waals surface area contributed by atoms with Crippen LogP contribution in [-0.4, -0.2) is 83.0 Å². The van der Waals surface area contributed by atoms with Crippen molar-refractivity contribution in [3.63, 3.8) is 0 Å². The van der Waals surface area contributed by atoms with Gasteiger partial charge in [0.05, 0.1) is 6.61 Å². The average Bonchev–Trinajstić information content (AvgIpc) is 3.12. The SMILES string of the molecule is CNC(=O)c1nn(CC2CCCCC2)c2c1CC(N1CCN(CCO)CC1)CC2. The molecule has 2 aliphatic carbocycles. The Morgan fingerprint density at radius 3 is 2.59 bits per heavy atom. The molecular weight excluding hydrogens is 366 g/mol. The zero-order chi connectivity index (χ0) is 20.2. The van der Waals surface area contributed by atoms with Crippen molar-refractivity contribution in [3.8, 4) is 0 Å². The second kappa shape index (κ2) is 9.58. The second-order valence-electron chi connectivity index (χ2n) is 9.04. The number of β-amino-alcohol motifs (C(OH)–C–C–N with tert-alkyl or cyclic N) is 1. The summed E-state index contributed by atoms with van der Waals surface area (Å²) in [4.78, 5) is 17.5. The molecule has 1 aliphatic heterocycles. The van der Waals surface area contributed by atoms with Gasteiger partial charge in [-0.1, -0.05) is 19.3 Å². The molecule has 1 atom stereocenters. The zero-order valence-electron chi connectivity index (χ0n) is 17.9. The summed E-state index contributed by atoms with van der Waals surface area (Å²) in [6, 6.07) is 0.495. The van der Waals surface area contributed by atoms with Crippen molar-refractivity contribution in [1.29, 1.82) is 0 Å². The van der Waals surface area contributed by atoms with Crippen LogP contribution in [0.15, 0.2) is 0 Å². The maximum Gasteiger partial charge on any atom is 0.271 e. The molecule has 1 saturated heterocycles. The Morgan fingerprint density at radius 1 is 1.14 bits per heavy atom. The average molecular weight is 404 g/mol. The normalized spacial score (nSPS) is 24.4. The molecule has 1 unspecified atom stereocenters. The smallest absolute Gasteiger partial charge is 0.271 e. The Labute approximate surface area is 174 Å². The molecule has 4 rings (SSSR count). The Hall–Kier alpha value is -1.44. The van der Waals surface area contributed by atoms with E-state index in [0.717, 1.165) is 58.5 Å². The molecule has 3 aliphatic rings. The molecule has 1 aromatic rings. The number of carbonyl (C=O) groups is 1. The van der Waals surface area contributed by atoms with E-state index in [2.05, 4.69) is 19.8 Å². The topological polar surface area (TPSA) is 73.6 Å². The van der Waals surface area contributed by atoms with Gasteiger partial charge >= 0.3 is 0 Å². The van der Waals surface area contributed by atoms with Crippen molar-refractivity contribution in [2.45, 2.75) is 64.0 Å². The summed E-state index contributed by atoms with van der Waals surface area (Å²) < 4.78 is 2.19. The molecule has 2 N–H and O–H groups in total. The Kier molecular flexibility index (Phi) is 6.88. The molecule has 162 valence electrons. The lowest BCUT2D eigenvalue weighted by molar-refractivity contribution is 0.0779. The maximum absolute atomic E-state index is 12.6. The van der Waals surface area contributed by atoms with Gasteiger partial charge in [-0.3, -0.25) is 19.3 Å². The highest BCUT2D eigenvalue weighted by Gasteiger charge is 2.33. The number of hydrogen-bond donors (Lipinski definition) is 2. The molecule has 0 spiro atoms. The lowest BCUT2D eigenvalue weighted by Crippen LogP contribution is -2.52. The summed E-state index contributed by atoms with van der Waals surface area (Å²) in [5.74, 6) is 0.666. The highest BCUT2D eigenvalue weighted by Crippen LogP contribution is 2.31. The van der Waals surface area contributed by atoms with Gasteiger partial charge in [0, 0.05) is 63.6 Å². The van der Waals surface area contributed by atoms with Crippen LogP contribution < -0.4 is 5.32 Å². The van der Waals surface area contributed by atoms with Crippen molar-refractivity contribution in [1.82, 2.24) is 24.9 Å². The quantitative estimate of drug-likeness (QED) is 0.749. The van der Waals surface area contributed by atoms with Crippen LogP contribution in [0.3, 0.4) is 0 Å². The molecule has 1 saturated carbocycles. The summed E-state index contributed by atoms with van der Waals surface area (Å²) in [5.41, 5.74) is 3.15. The minimum absolute atomic E-state index is 0.0444. The largest absolute Gasteiger partial charge is 0.395 e. The van der Waals surface area contributed by atoms with E-state index in [9.17, 15) is 4.79 Å². The highest BCUT2D eigenvalue weighted by atomic mass is 16.3. The lowest BCUT2D eigenvalue weighted by Gasteiger charge is -2.40. The summed E-state index contributed by atoms with van der Waals surface area (Å²) in [5, 5.41) is 16.8. The minimum Gasteiger partial charge on any atom is -0.395 e. The van der Waals surface area contributed by atoms with E-state index >= 15 is 0 Å². The molecule has 1 amide bonds. The first-order valence-electron chi connectivity index (χ1n) is 11.6. The fraction of sp³-hybridized carbons (Fsp3) is 0.818. The molecule has 0 bridgehead atoms. The van der Waals surface area contributed by atoms with Crippen LogP contribution in [0, 0.1) is 5.92 Å². The van der Waals surface area contributed by atoms with E-state index in [1.54, 1.807) is 7.05 Å². The number of aliphatic hydroxyl groups is 1. The number of aliphatic hydroxyl groups excluding tert-OH is 1. The summed E-state index contributed by atoms with van der Waals surface area (Å²) in [6.45, 7) is 6.13. The van der Waals surface area contributed by atoms with Gasteiger partial charge in [-0.2, -0.15) is 5.10 Å². The van der Waals surface area contributed by atoms with Gasteiger partial charge < -0.3 is 10.4 Å². The van der Waals surface area contributed by atoms with Crippen molar-refractivity contribution in [2.24, 2.45) is 5.92 Å². The van der Waals surface area contributed by atoms with Crippen LogP contribution in [0.1, 0.15) is 60.3 Å². The number of nitrogens with one attached hydrogen (secondary N) is 1. The van der Waals surface area contributed by atoms with E-state index in [0.29, 0.717) is 17.7 Å². The van der Waals surface area contributed by atoms with Crippen LogP contribution >= 0.6 is 0 Å². The predicted octanol–water partition coefficient (Wildman–Crippen LogP) is 1.29. The zero-order valence-corrected chi connectivity index (χ0v) is 17.9. The van der Waals surface area contributed by atoms with Gasteiger partial charge in [0.1, 0.15) is 0 Å². The van der Waals surface area contributed by atoms with Crippen molar-refractivity contribution in [2.75, 3.05) is 46.4 Å². The van der Waals surface area contributed by atoms with E-state index in [1.165, 1.54) is 43.4 Å². The molecule has 7 nitrogen and oxygen atoms in total. The number of carbonyl (C=O) groups excluding carboxylic acids is 1. The summed E-state index contributed by atoms with van der Waals surface area (Å²) in [7, 11) is 1.70. The number of piperazine rings is 1. The van der Waals surface area contributed by atoms with E-state index < -0.39 is 0 Å². The molecule has 7 heteroatoms. The van der Waals surface area contributed by atoms with E-state index in [-0.39, 0.29) is 12.5 Å². The minimum atomic E-state index is -0.0444. The first-order chi connectivity index (χ1) is 14.2. The number of rotatable bonds is 6. The molecule has 29 heavy (non-hydrogen) atoms. The van der Waals surface area contributed by atoms with Crippen molar-refractivity contribution >= 4 is 5.91 Å². The van der Waals surface area contributed by atoms with Crippen LogP contribution in [0.5, 0.6) is 0 Å². The molecule has 1 aromatic heterocycles. The Bertz CT molecular complexity index is 690. The van der Waals surface area contributed by atoms with Crippen molar-refractivity contribution < 1.29 is 9.90 Å². The fourth-order valence-electron chi connectivity index (χ4n) is 5.54. The van der Waals surface area contributed by atoms with Crippen LogP contribution in [-0.2, 0) is 19.4 Å². The third-order valence-electron chi connectivity index (χ3n) is 7.26. The van der Waals surface area contributed by atoms with Crippen molar-refractivity contribution in [3.05, 3.63) is 17.0 Å². The molecule has 0 aromatic carbocycles. The van der Waals surface area contributed by atoms with Gasteiger partial charge in [-0.25, -0.2) is 0 Å². The number of hydrogen-bond acceptors (Lipinski definition) is 5. The molecule has 2 heterocycles. The van der Waals surface area contributed by atoms with Gasteiger partial charge in [-0.15, -0.1) is 0 Å². The Morgan fingerprint density at radius 2 is 1.90 bits per heavy atom. The van der Waals surface area contributed by atoms with Gasteiger partial charge in [0.2, 0.25) is 0 Å². The maximum atomic E-state index is 12.6. The summed E-state index contributed by atoms with van der Waals surface area (Å²) >= 11 is 0. The van der Waals surface area contributed by atoms with E-state index in [4.69, 9.17) is 10.2 Å². The second-order valence-corrected chi connectivity index (χ2v) is 9.04. The Balaban J connectivity index is 1.48. The number of amides is 1. The van der Waals surface area contributed by atoms with Gasteiger partial charge in [0.15, 0.2) is 5.69 Å². The third kappa shape index (κ3) is 4.67. The van der Waals surface area contributed by atoms with Crippen LogP contribution in [0.4, 0.5) is 0 Å².